The fourth-order valence-electron chi connectivity index (χ4n) is 3.04. The van der Waals surface area contributed by atoms with Crippen molar-refractivity contribution in [3.8, 4) is 5.75 Å². The number of hydrogen-bond acceptors (Lipinski definition) is 5. The molecule has 2 aromatic heterocycles. The van der Waals surface area contributed by atoms with Crippen LogP contribution in [0.4, 0.5) is 17.3 Å². The van der Waals surface area contributed by atoms with Gasteiger partial charge in [-0.1, -0.05) is 18.5 Å². The van der Waals surface area contributed by atoms with Crippen molar-refractivity contribution in [1.82, 2.24) is 14.6 Å². The average Bonchev–Trinajstić information content (AvgIpc) is 3.10. The van der Waals surface area contributed by atoms with E-state index in [1.54, 1.807) is 19.4 Å². The van der Waals surface area contributed by atoms with Gasteiger partial charge in [-0.05, 0) is 32.4 Å². The lowest BCUT2D eigenvalue weighted by atomic mass is 10.2. The number of nitrogens with one attached hydrogen (secondary N) is 1. The van der Waals surface area contributed by atoms with E-state index in [4.69, 9.17) is 21.3 Å². The Hall–Kier alpha value is -2.47. The van der Waals surface area contributed by atoms with Gasteiger partial charge in [-0.15, -0.1) is 0 Å². The molecule has 3 aromatic rings. The first-order valence-corrected chi connectivity index (χ1v) is 9.16. The van der Waals surface area contributed by atoms with E-state index in [1.165, 1.54) is 0 Å². The van der Waals surface area contributed by atoms with Gasteiger partial charge in [-0.3, -0.25) is 0 Å². The van der Waals surface area contributed by atoms with Gasteiger partial charge in [0.2, 0.25) is 0 Å². The van der Waals surface area contributed by atoms with E-state index in [-0.39, 0.29) is 0 Å². The topological polar surface area (TPSA) is 54.7 Å². The minimum absolute atomic E-state index is 0.585. The number of methoxy groups -OCH3 is 1. The van der Waals surface area contributed by atoms with Crippen molar-refractivity contribution < 1.29 is 4.74 Å². The molecule has 3 rings (SSSR count). The second kappa shape index (κ2) is 7.83. The summed E-state index contributed by atoms with van der Waals surface area (Å²) in [5.41, 5.74) is 2.62. The van der Waals surface area contributed by atoms with Gasteiger partial charge in [0.25, 0.3) is 0 Å². The lowest BCUT2D eigenvalue weighted by Gasteiger charge is -2.26. The van der Waals surface area contributed by atoms with Crippen molar-refractivity contribution in [2.24, 2.45) is 0 Å². The van der Waals surface area contributed by atoms with Gasteiger partial charge in [0, 0.05) is 30.8 Å². The molecule has 6 nitrogen and oxygen atoms in total. The van der Waals surface area contributed by atoms with E-state index in [2.05, 4.69) is 36.1 Å². The first kappa shape index (κ1) is 18.3. The molecule has 0 atom stereocenters. The third-order valence-corrected chi connectivity index (χ3v) is 4.66. The highest BCUT2D eigenvalue weighted by atomic mass is 35.5. The van der Waals surface area contributed by atoms with Crippen LogP contribution in [0.5, 0.6) is 5.75 Å². The highest BCUT2D eigenvalue weighted by molar-refractivity contribution is 6.33. The molecule has 0 saturated heterocycles. The standard InChI is InChI=1S/C19H24ClN5O/c1-5-11-24(6-2)19-13(3)18(23-17-9-10-21-25(17)19)22-16-8-7-14(26-4)12-15(16)20/h7-10,12H,5-6,11H2,1-4H3,(H,22,23). The maximum absolute atomic E-state index is 6.39. The van der Waals surface area contributed by atoms with Crippen molar-refractivity contribution in [2.45, 2.75) is 27.2 Å². The molecule has 0 spiro atoms. The predicted molar refractivity (Wildman–Crippen MR) is 107 cm³/mol. The number of ether oxygens (including phenoxy) is 1. The summed E-state index contributed by atoms with van der Waals surface area (Å²) < 4.78 is 7.12. The van der Waals surface area contributed by atoms with Crippen molar-refractivity contribution >= 4 is 34.6 Å². The molecule has 0 aliphatic carbocycles. The minimum Gasteiger partial charge on any atom is -0.497 e. The monoisotopic (exact) mass is 373 g/mol. The molecule has 0 aliphatic heterocycles. The maximum Gasteiger partial charge on any atom is 0.159 e. The Morgan fingerprint density at radius 1 is 1.27 bits per heavy atom. The smallest absolute Gasteiger partial charge is 0.159 e. The van der Waals surface area contributed by atoms with E-state index < -0.39 is 0 Å². The molecular weight excluding hydrogens is 350 g/mol. The largest absolute Gasteiger partial charge is 0.497 e. The lowest BCUT2D eigenvalue weighted by Crippen LogP contribution is -2.27. The van der Waals surface area contributed by atoms with Gasteiger partial charge in [-0.2, -0.15) is 9.61 Å². The van der Waals surface area contributed by atoms with Crippen LogP contribution in [0, 0.1) is 6.92 Å². The van der Waals surface area contributed by atoms with Gasteiger partial charge in [0.1, 0.15) is 17.4 Å². The fourth-order valence-corrected chi connectivity index (χ4v) is 3.25. The molecular formula is C19H24ClN5O. The molecule has 0 fully saturated rings. The molecule has 0 radical (unpaired) electrons. The summed E-state index contributed by atoms with van der Waals surface area (Å²) in [6.45, 7) is 8.24. The van der Waals surface area contributed by atoms with Crippen molar-refractivity contribution in [3.05, 3.63) is 41.0 Å². The van der Waals surface area contributed by atoms with Crippen molar-refractivity contribution in [2.75, 3.05) is 30.4 Å². The zero-order chi connectivity index (χ0) is 18.7. The lowest BCUT2D eigenvalue weighted by molar-refractivity contribution is 0.415. The summed E-state index contributed by atoms with van der Waals surface area (Å²) in [6, 6.07) is 7.46. The number of nitrogens with zero attached hydrogens (tertiary/aromatic N) is 4. The number of fused-ring (bicyclic) bond motifs is 1. The van der Waals surface area contributed by atoms with Gasteiger partial charge in [-0.25, -0.2) is 4.98 Å². The number of aromatic nitrogens is 3. The highest BCUT2D eigenvalue weighted by Gasteiger charge is 2.18. The summed E-state index contributed by atoms with van der Waals surface area (Å²) in [4.78, 5) is 7.04. The molecule has 0 bridgehead atoms. The molecule has 0 unspecified atom stereocenters. The van der Waals surface area contributed by atoms with Crippen molar-refractivity contribution in [1.29, 1.82) is 0 Å². The summed E-state index contributed by atoms with van der Waals surface area (Å²) in [6.07, 6.45) is 2.83. The van der Waals surface area contributed by atoms with Crippen LogP contribution in [-0.4, -0.2) is 34.8 Å². The molecule has 0 saturated carbocycles. The first-order chi connectivity index (χ1) is 12.6. The van der Waals surface area contributed by atoms with E-state index in [0.717, 1.165) is 53.8 Å². The summed E-state index contributed by atoms with van der Waals surface area (Å²) in [5.74, 6) is 2.54. The van der Waals surface area contributed by atoms with E-state index in [0.29, 0.717) is 5.02 Å². The Balaban J connectivity index is 2.08. The van der Waals surface area contributed by atoms with Gasteiger partial charge < -0.3 is 15.0 Å². The Morgan fingerprint density at radius 3 is 2.73 bits per heavy atom. The Kier molecular flexibility index (Phi) is 5.52. The summed E-state index contributed by atoms with van der Waals surface area (Å²) in [5, 5.41) is 8.41. The van der Waals surface area contributed by atoms with Crippen LogP contribution in [0.25, 0.3) is 5.65 Å². The van der Waals surface area contributed by atoms with Gasteiger partial charge >= 0.3 is 0 Å². The number of rotatable bonds is 7. The molecule has 0 aliphatic rings. The molecule has 2 heterocycles. The fraction of sp³-hybridized carbons (Fsp3) is 0.368. The quantitative estimate of drug-likeness (QED) is 0.651. The van der Waals surface area contributed by atoms with E-state index >= 15 is 0 Å². The number of hydrogen-bond donors (Lipinski definition) is 1. The number of anilines is 3. The number of benzene rings is 1. The second-order valence-electron chi connectivity index (χ2n) is 6.06. The molecule has 1 aromatic carbocycles. The van der Waals surface area contributed by atoms with Gasteiger partial charge in [0.15, 0.2) is 5.65 Å². The summed E-state index contributed by atoms with van der Waals surface area (Å²) >= 11 is 6.39. The molecule has 26 heavy (non-hydrogen) atoms. The Labute approximate surface area is 158 Å². The third kappa shape index (κ3) is 3.42. The molecule has 7 heteroatoms. The van der Waals surface area contributed by atoms with Crippen LogP contribution in [0.1, 0.15) is 25.8 Å². The maximum atomic E-state index is 6.39. The Morgan fingerprint density at radius 2 is 2.08 bits per heavy atom. The first-order valence-electron chi connectivity index (χ1n) is 8.78. The van der Waals surface area contributed by atoms with Crippen LogP contribution in [0.15, 0.2) is 30.5 Å². The van der Waals surface area contributed by atoms with Crippen LogP contribution >= 0.6 is 11.6 Å². The zero-order valence-electron chi connectivity index (χ0n) is 15.6. The van der Waals surface area contributed by atoms with E-state index in [9.17, 15) is 0 Å². The van der Waals surface area contributed by atoms with E-state index in [1.807, 2.05) is 22.7 Å². The van der Waals surface area contributed by atoms with Crippen LogP contribution in [-0.2, 0) is 0 Å². The average molecular weight is 374 g/mol. The second-order valence-corrected chi connectivity index (χ2v) is 6.47. The van der Waals surface area contributed by atoms with Crippen molar-refractivity contribution in [3.63, 3.8) is 0 Å². The van der Waals surface area contributed by atoms with Crippen LogP contribution in [0.3, 0.4) is 0 Å². The van der Waals surface area contributed by atoms with Crippen LogP contribution < -0.4 is 15.0 Å². The molecule has 138 valence electrons. The number of halogens is 1. The normalized spacial score (nSPS) is 11.0. The minimum atomic E-state index is 0.585. The predicted octanol–water partition coefficient (Wildman–Crippen LogP) is 4.68. The highest BCUT2D eigenvalue weighted by Crippen LogP contribution is 2.33. The summed E-state index contributed by atoms with van der Waals surface area (Å²) in [7, 11) is 1.62. The molecule has 1 N–H and O–H groups in total. The molecule has 0 amide bonds. The van der Waals surface area contributed by atoms with Gasteiger partial charge in [0.05, 0.1) is 24.0 Å². The third-order valence-electron chi connectivity index (χ3n) is 4.34. The SMILES string of the molecule is CCCN(CC)c1c(C)c(Nc2ccc(OC)cc2Cl)nc2ccnn12. The Bertz CT molecular complexity index is 908. The van der Waals surface area contributed by atoms with Crippen LogP contribution in [0.2, 0.25) is 5.02 Å². The zero-order valence-corrected chi connectivity index (χ0v) is 16.3.